The highest BCUT2D eigenvalue weighted by atomic mass is 15.2. The molecule has 2 unspecified atom stereocenters. The molecule has 3 rings (SSSR count). The van der Waals surface area contributed by atoms with Crippen molar-refractivity contribution >= 4 is 0 Å². The number of nitrogens with zero attached hydrogens (tertiary/aromatic N) is 2. The molecule has 0 amide bonds. The number of rotatable bonds is 4. The fourth-order valence-electron chi connectivity index (χ4n) is 4.17. The molecule has 1 saturated heterocycles. The van der Waals surface area contributed by atoms with Crippen LogP contribution in [0.15, 0.2) is 30.3 Å². The molecule has 1 saturated carbocycles. The monoisotopic (exact) mass is 283 g/mol. The van der Waals surface area contributed by atoms with Crippen LogP contribution in [-0.2, 0) is 5.54 Å². The zero-order chi connectivity index (χ0) is 14.7. The van der Waals surface area contributed by atoms with Crippen LogP contribution in [0.1, 0.15) is 44.1 Å². The Morgan fingerprint density at radius 2 is 1.86 bits per heavy atom. The van der Waals surface area contributed by atoms with E-state index in [4.69, 9.17) is 5.73 Å². The summed E-state index contributed by atoms with van der Waals surface area (Å²) in [5.41, 5.74) is 6.50. The largest absolute Gasteiger partial charge is 0.309 e. The lowest BCUT2D eigenvalue weighted by atomic mass is 9.90. The summed E-state index contributed by atoms with van der Waals surface area (Å²) < 4.78 is 0. The molecule has 2 fully saturated rings. The van der Waals surface area contributed by atoms with E-state index < -0.39 is 5.54 Å². The van der Waals surface area contributed by atoms with Gasteiger partial charge in [0, 0.05) is 12.6 Å². The van der Waals surface area contributed by atoms with Gasteiger partial charge in [-0.25, -0.2) is 0 Å². The number of hydrogen-bond acceptors (Lipinski definition) is 3. The van der Waals surface area contributed by atoms with Crippen LogP contribution in [0.5, 0.6) is 0 Å². The summed E-state index contributed by atoms with van der Waals surface area (Å²) >= 11 is 0. The van der Waals surface area contributed by atoms with E-state index in [0.29, 0.717) is 12.6 Å². The van der Waals surface area contributed by atoms with Crippen molar-refractivity contribution in [1.29, 1.82) is 5.26 Å². The molecule has 3 heteroatoms. The zero-order valence-electron chi connectivity index (χ0n) is 12.7. The molecule has 1 heterocycles. The topological polar surface area (TPSA) is 53.1 Å². The van der Waals surface area contributed by atoms with Crippen molar-refractivity contribution in [2.45, 2.75) is 50.1 Å². The minimum absolute atomic E-state index is 0.646. The third-order valence-corrected chi connectivity index (χ3v) is 5.30. The van der Waals surface area contributed by atoms with Crippen LogP contribution in [0.2, 0.25) is 0 Å². The Labute approximate surface area is 127 Å². The van der Waals surface area contributed by atoms with Gasteiger partial charge in [0.1, 0.15) is 5.54 Å². The summed E-state index contributed by atoms with van der Waals surface area (Å²) in [5.74, 6) is 0.825. The van der Waals surface area contributed by atoms with Crippen LogP contribution in [-0.4, -0.2) is 24.0 Å². The molecule has 2 atom stereocenters. The third-order valence-electron chi connectivity index (χ3n) is 5.30. The van der Waals surface area contributed by atoms with Gasteiger partial charge in [-0.15, -0.1) is 0 Å². The van der Waals surface area contributed by atoms with Gasteiger partial charge in [-0.3, -0.25) is 4.90 Å². The maximum atomic E-state index is 9.65. The molecular weight excluding hydrogens is 258 g/mol. The Morgan fingerprint density at radius 1 is 1.14 bits per heavy atom. The average molecular weight is 283 g/mol. The number of nitriles is 1. The van der Waals surface area contributed by atoms with Crippen molar-refractivity contribution in [1.82, 2.24) is 4.90 Å². The van der Waals surface area contributed by atoms with Gasteiger partial charge in [0.05, 0.1) is 6.07 Å². The van der Waals surface area contributed by atoms with E-state index in [1.165, 1.54) is 38.5 Å². The van der Waals surface area contributed by atoms with Gasteiger partial charge in [0.2, 0.25) is 0 Å². The SMILES string of the molecule is N#CC(N)(CN1CCCC1C1CCCC1)c1ccccc1. The molecular formula is C18H25N3. The quantitative estimate of drug-likeness (QED) is 0.924. The van der Waals surface area contributed by atoms with E-state index in [2.05, 4.69) is 11.0 Å². The number of nitrogens with two attached hydrogens (primary N) is 1. The van der Waals surface area contributed by atoms with Gasteiger partial charge < -0.3 is 5.73 Å². The van der Waals surface area contributed by atoms with Crippen LogP contribution in [0.4, 0.5) is 0 Å². The molecule has 3 nitrogen and oxygen atoms in total. The second-order valence-corrected chi connectivity index (χ2v) is 6.67. The first kappa shape index (κ1) is 14.6. The van der Waals surface area contributed by atoms with E-state index in [-0.39, 0.29) is 0 Å². The Hall–Kier alpha value is -1.37. The minimum atomic E-state index is -0.886. The van der Waals surface area contributed by atoms with E-state index in [1.54, 1.807) is 0 Å². The first-order valence-electron chi connectivity index (χ1n) is 8.23. The number of likely N-dealkylation sites (tertiary alicyclic amines) is 1. The van der Waals surface area contributed by atoms with Gasteiger partial charge in [0.15, 0.2) is 0 Å². The summed E-state index contributed by atoms with van der Waals surface area (Å²) in [7, 11) is 0. The molecule has 112 valence electrons. The summed E-state index contributed by atoms with van der Waals surface area (Å²) in [6.07, 6.45) is 7.99. The van der Waals surface area contributed by atoms with Gasteiger partial charge in [0.25, 0.3) is 0 Å². The highest BCUT2D eigenvalue weighted by Crippen LogP contribution is 2.36. The van der Waals surface area contributed by atoms with E-state index in [0.717, 1.165) is 18.0 Å². The molecule has 1 aromatic rings. The van der Waals surface area contributed by atoms with Crippen LogP contribution < -0.4 is 5.73 Å². The van der Waals surface area contributed by atoms with Gasteiger partial charge >= 0.3 is 0 Å². The van der Waals surface area contributed by atoms with Gasteiger partial charge in [-0.1, -0.05) is 43.2 Å². The molecule has 0 spiro atoms. The number of hydrogen-bond donors (Lipinski definition) is 1. The van der Waals surface area contributed by atoms with E-state index in [1.807, 2.05) is 30.3 Å². The Kier molecular flexibility index (Phi) is 4.28. The van der Waals surface area contributed by atoms with Crippen molar-refractivity contribution in [2.75, 3.05) is 13.1 Å². The fourth-order valence-corrected chi connectivity index (χ4v) is 4.17. The average Bonchev–Trinajstić information content (AvgIpc) is 3.18. The maximum absolute atomic E-state index is 9.65. The normalized spacial score (nSPS) is 26.6. The molecule has 21 heavy (non-hydrogen) atoms. The molecule has 2 aliphatic rings. The van der Waals surface area contributed by atoms with E-state index >= 15 is 0 Å². The molecule has 1 aliphatic carbocycles. The lowest BCUT2D eigenvalue weighted by Gasteiger charge is -2.34. The standard InChI is InChI=1S/C18H25N3/c19-13-18(20,16-9-2-1-3-10-16)14-21-12-6-11-17(21)15-7-4-5-8-15/h1-3,9-10,15,17H,4-8,11-12,14,20H2. The van der Waals surface area contributed by atoms with Crippen LogP contribution in [0.25, 0.3) is 0 Å². The second-order valence-electron chi connectivity index (χ2n) is 6.67. The minimum Gasteiger partial charge on any atom is -0.309 e. The fraction of sp³-hybridized carbons (Fsp3) is 0.611. The van der Waals surface area contributed by atoms with Crippen LogP contribution >= 0.6 is 0 Å². The first-order valence-corrected chi connectivity index (χ1v) is 8.23. The molecule has 0 aromatic heterocycles. The Morgan fingerprint density at radius 3 is 2.52 bits per heavy atom. The summed E-state index contributed by atoms with van der Waals surface area (Å²) in [6.45, 7) is 1.75. The summed E-state index contributed by atoms with van der Waals surface area (Å²) in [5, 5.41) is 9.65. The Balaban J connectivity index is 1.75. The molecule has 0 bridgehead atoms. The molecule has 1 aliphatic heterocycles. The predicted molar refractivity (Wildman–Crippen MR) is 84.5 cm³/mol. The third kappa shape index (κ3) is 2.97. The Bertz CT molecular complexity index is 501. The van der Waals surface area contributed by atoms with Gasteiger partial charge in [-0.05, 0) is 43.7 Å². The smallest absolute Gasteiger partial charge is 0.142 e. The first-order chi connectivity index (χ1) is 10.2. The van der Waals surface area contributed by atoms with Crippen LogP contribution in [0.3, 0.4) is 0 Å². The van der Waals surface area contributed by atoms with Gasteiger partial charge in [-0.2, -0.15) is 5.26 Å². The van der Waals surface area contributed by atoms with Crippen molar-refractivity contribution in [2.24, 2.45) is 11.7 Å². The lowest BCUT2D eigenvalue weighted by molar-refractivity contribution is 0.166. The van der Waals surface area contributed by atoms with Crippen molar-refractivity contribution in [3.63, 3.8) is 0 Å². The highest BCUT2D eigenvalue weighted by molar-refractivity contribution is 5.31. The zero-order valence-corrected chi connectivity index (χ0v) is 12.7. The summed E-state index contributed by atoms with van der Waals surface area (Å²) in [6, 6.07) is 12.9. The van der Waals surface area contributed by atoms with E-state index in [9.17, 15) is 5.26 Å². The molecule has 2 N–H and O–H groups in total. The lowest BCUT2D eigenvalue weighted by Crippen LogP contribution is -2.49. The second kappa shape index (κ2) is 6.17. The maximum Gasteiger partial charge on any atom is 0.142 e. The van der Waals surface area contributed by atoms with Crippen molar-refractivity contribution in [3.05, 3.63) is 35.9 Å². The summed E-state index contributed by atoms with van der Waals surface area (Å²) in [4.78, 5) is 2.49. The van der Waals surface area contributed by atoms with Crippen molar-refractivity contribution in [3.8, 4) is 6.07 Å². The predicted octanol–water partition coefficient (Wildman–Crippen LogP) is 3.02. The number of benzene rings is 1. The molecule has 1 aromatic carbocycles. The van der Waals surface area contributed by atoms with Crippen LogP contribution in [0, 0.1) is 17.2 Å². The highest BCUT2D eigenvalue weighted by Gasteiger charge is 2.38. The molecule has 0 radical (unpaired) electrons. The van der Waals surface area contributed by atoms with Crippen molar-refractivity contribution < 1.29 is 0 Å².